The average molecular weight is 339 g/mol. The van der Waals surface area contributed by atoms with Crippen molar-refractivity contribution in [3.05, 3.63) is 70.8 Å². The van der Waals surface area contributed by atoms with Crippen molar-refractivity contribution in [2.24, 2.45) is 0 Å². The third-order valence-corrected chi connectivity index (χ3v) is 4.71. The second-order valence-electron chi connectivity index (χ2n) is 6.58. The largest absolute Gasteiger partial charge is 0.389 e. The van der Waals surface area contributed by atoms with Crippen LogP contribution in [0, 0.1) is 0 Å². The van der Waals surface area contributed by atoms with E-state index in [1.54, 1.807) is 6.92 Å². The lowest BCUT2D eigenvalue weighted by Crippen LogP contribution is -2.27. The minimum absolute atomic E-state index is 0.0772. The molecule has 1 amide bonds. The highest BCUT2D eigenvalue weighted by Gasteiger charge is 2.22. The molecule has 1 aliphatic rings. The zero-order valence-electron chi connectivity index (χ0n) is 14.6. The summed E-state index contributed by atoms with van der Waals surface area (Å²) < 4.78 is 0. The number of rotatable bonds is 5. The molecule has 5 nitrogen and oxygen atoms in total. The molecule has 2 atom stereocenters. The minimum atomic E-state index is -0.616. The molecule has 1 unspecified atom stereocenters. The van der Waals surface area contributed by atoms with Crippen LogP contribution >= 0.6 is 0 Å². The fourth-order valence-corrected chi connectivity index (χ4v) is 3.24. The number of hydrazine groups is 1. The number of aliphatic hydroxyl groups excluding tert-OH is 1. The zero-order valence-corrected chi connectivity index (χ0v) is 14.6. The molecule has 3 rings (SSSR count). The first-order chi connectivity index (χ1) is 12.1. The van der Waals surface area contributed by atoms with E-state index in [0.29, 0.717) is 11.5 Å². The van der Waals surface area contributed by atoms with E-state index >= 15 is 0 Å². The van der Waals surface area contributed by atoms with Crippen LogP contribution in [0.3, 0.4) is 0 Å². The Bertz CT molecular complexity index is 725. The fraction of sp³-hybridized carbons (Fsp3) is 0.350. The molecule has 25 heavy (non-hydrogen) atoms. The van der Waals surface area contributed by atoms with Crippen LogP contribution in [-0.4, -0.2) is 24.1 Å². The lowest BCUT2D eigenvalue weighted by Gasteiger charge is -2.19. The van der Waals surface area contributed by atoms with E-state index in [0.717, 1.165) is 29.8 Å². The van der Waals surface area contributed by atoms with Crippen molar-refractivity contribution in [1.82, 2.24) is 16.2 Å². The molecule has 1 saturated heterocycles. The third-order valence-electron chi connectivity index (χ3n) is 4.71. The van der Waals surface area contributed by atoms with Gasteiger partial charge in [0.25, 0.3) is 5.91 Å². The molecular weight excluding hydrogens is 314 g/mol. The maximum Gasteiger partial charge on any atom is 0.251 e. The molecule has 1 fully saturated rings. The predicted octanol–water partition coefficient (Wildman–Crippen LogP) is 2.42. The lowest BCUT2D eigenvalue weighted by atomic mass is 9.90. The maximum absolute atomic E-state index is 12.6. The van der Waals surface area contributed by atoms with Crippen molar-refractivity contribution in [3.8, 4) is 0 Å². The van der Waals surface area contributed by atoms with Gasteiger partial charge in [-0.3, -0.25) is 15.6 Å². The molecule has 132 valence electrons. The van der Waals surface area contributed by atoms with Crippen LogP contribution in [0.1, 0.15) is 59.0 Å². The SMILES string of the molecule is CC(O)c1cc(C(=O)N[C@H](C)c2ccccc2)ccc1C1CNNC1. The Morgan fingerprint density at radius 3 is 2.44 bits per heavy atom. The van der Waals surface area contributed by atoms with E-state index in [4.69, 9.17) is 0 Å². The van der Waals surface area contributed by atoms with Gasteiger partial charge in [-0.15, -0.1) is 0 Å². The number of amides is 1. The van der Waals surface area contributed by atoms with Crippen molar-refractivity contribution in [3.63, 3.8) is 0 Å². The summed E-state index contributed by atoms with van der Waals surface area (Å²) in [6.45, 7) is 5.34. The summed E-state index contributed by atoms with van der Waals surface area (Å²) in [5.41, 5.74) is 9.75. The first-order valence-electron chi connectivity index (χ1n) is 8.69. The Morgan fingerprint density at radius 2 is 1.80 bits per heavy atom. The number of carbonyl (C=O) groups is 1. The first-order valence-corrected chi connectivity index (χ1v) is 8.69. The highest BCUT2D eigenvalue weighted by molar-refractivity contribution is 5.94. The van der Waals surface area contributed by atoms with Gasteiger partial charge in [0.05, 0.1) is 12.1 Å². The molecule has 0 spiro atoms. The highest BCUT2D eigenvalue weighted by atomic mass is 16.3. The zero-order chi connectivity index (χ0) is 17.8. The van der Waals surface area contributed by atoms with Gasteiger partial charge in [0.2, 0.25) is 0 Å². The van der Waals surface area contributed by atoms with Crippen LogP contribution in [0.5, 0.6) is 0 Å². The van der Waals surface area contributed by atoms with Crippen LogP contribution in [-0.2, 0) is 0 Å². The molecule has 5 heteroatoms. The summed E-state index contributed by atoms with van der Waals surface area (Å²) in [6, 6.07) is 15.4. The monoisotopic (exact) mass is 339 g/mol. The summed E-state index contributed by atoms with van der Waals surface area (Å²) in [5.74, 6) is 0.164. The Morgan fingerprint density at radius 1 is 1.12 bits per heavy atom. The van der Waals surface area contributed by atoms with Gasteiger partial charge in [-0.1, -0.05) is 36.4 Å². The number of aliphatic hydroxyl groups is 1. The molecule has 0 radical (unpaired) electrons. The van der Waals surface area contributed by atoms with Crippen molar-refractivity contribution < 1.29 is 9.90 Å². The van der Waals surface area contributed by atoms with Crippen LogP contribution in [0.4, 0.5) is 0 Å². The van der Waals surface area contributed by atoms with Gasteiger partial charge in [0.15, 0.2) is 0 Å². The Labute approximate surface area is 148 Å². The second-order valence-corrected chi connectivity index (χ2v) is 6.58. The molecule has 0 bridgehead atoms. The van der Waals surface area contributed by atoms with E-state index in [-0.39, 0.29) is 11.9 Å². The molecule has 0 aromatic heterocycles. The van der Waals surface area contributed by atoms with E-state index in [9.17, 15) is 9.90 Å². The molecule has 0 aliphatic carbocycles. The van der Waals surface area contributed by atoms with Crippen molar-refractivity contribution in [1.29, 1.82) is 0 Å². The summed E-state index contributed by atoms with van der Waals surface area (Å²) in [5, 5.41) is 13.2. The Hall–Kier alpha value is -2.21. The van der Waals surface area contributed by atoms with E-state index < -0.39 is 6.10 Å². The first kappa shape index (κ1) is 17.6. The number of benzene rings is 2. The van der Waals surface area contributed by atoms with E-state index in [2.05, 4.69) is 16.2 Å². The number of carbonyl (C=O) groups excluding carboxylic acids is 1. The van der Waals surface area contributed by atoms with Crippen molar-refractivity contribution in [2.75, 3.05) is 13.1 Å². The van der Waals surface area contributed by atoms with Crippen molar-refractivity contribution >= 4 is 5.91 Å². The van der Waals surface area contributed by atoms with E-state index in [1.807, 2.05) is 55.5 Å². The van der Waals surface area contributed by atoms with Gasteiger partial charge in [-0.05, 0) is 42.7 Å². The van der Waals surface area contributed by atoms with Crippen molar-refractivity contribution in [2.45, 2.75) is 31.9 Å². The highest BCUT2D eigenvalue weighted by Crippen LogP contribution is 2.27. The minimum Gasteiger partial charge on any atom is -0.389 e. The van der Waals surface area contributed by atoms with Crippen LogP contribution in [0.2, 0.25) is 0 Å². The number of nitrogens with one attached hydrogen (secondary N) is 3. The van der Waals surface area contributed by atoms with Gasteiger partial charge in [0.1, 0.15) is 0 Å². The second kappa shape index (κ2) is 7.78. The molecular formula is C20H25N3O2. The summed E-state index contributed by atoms with van der Waals surface area (Å²) >= 11 is 0. The molecule has 2 aromatic rings. The van der Waals surface area contributed by atoms with Crippen LogP contribution < -0.4 is 16.2 Å². The fourth-order valence-electron chi connectivity index (χ4n) is 3.24. The summed E-state index contributed by atoms with van der Waals surface area (Å²) in [7, 11) is 0. The van der Waals surface area contributed by atoms with Gasteiger partial charge in [-0.2, -0.15) is 0 Å². The third kappa shape index (κ3) is 4.07. The van der Waals surface area contributed by atoms with Gasteiger partial charge >= 0.3 is 0 Å². The molecule has 1 heterocycles. The summed E-state index contributed by atoms with van der Waals surface area (Å²) in [6.07, 6.45) is -0.616. The standard InChI is InChI=1S/C20H25N3O2/c1-13(15-6-4-3-5-7-15)23-20(25)16-8-9-18(17-11-21-22-12-17)19(10-16)14(2)24/h3-10,13-14,17,21-22,24H,11-12H2,1-2H3,(H,23,25)/t13-,14?/m1/s1. The molecule has 1 aliphatic heterocycles. The molecule has 4 N–H and O–H groups in total. The van der Waals surface area contributed by atoms with Crippen LogP contribution in [0.15, 0.2) is 48.5 Å². The normalized spacial score (nSPS) is 17.2. The number of hydrogen-bond acceptors (Lipinski definition) is 4. The van der Waals surface area contributed by atoms with Gasteiger partial charge in [0, 0.05) is 24.6 Å². The Kier molecular flexibility index (Phi) is 5.48. The predicted molar refractivity (Wildman–Crippen MR) is 98.1 cm³/mol. The van der Waals surface area contributed by atoms with Gasteiger partial charge < -0.3 is 10.4 Å². The summed E-state index contributed by atoms with van der Waals surface area (Å²) in [4.78, 5) is 12.6. The van der Waals surface area contributed by atoms with Crippen LogP contribution in [0.25, 0.3) is 0 Å². The average Bonchev–Trinajstić information content (AvgIpc) is 3.16. The Balaban J connectivity index is 1.79. The molecule has 0 saturated carbocycles. The van der Waals surface area contributed by atoms with E-state index in [1.165, 1.54) is 0 Å². The number of hydrogen-bond donors (Lipinski definition) is 4. The topological polar surface area (TPSA) is 73.4 Å². The lowest BCUT2D eigenvalue weighted by molar-refractivity contribution is 0.0939. The molecule has 2 aromatic carbocycles. The maximum atomic E-state index is 12.6. The quantitative estimate of drug-likeness (QED) is 0.675. The van der Waals surface area contributed by atoms with Gasteiger partial charge in [-0.25, -0.2) is 0 Å². The smallest absolute Gasteiger partial charge is 0.251 e.